The van der Waals surface area contributed by atoms with E-state index in [1.165, 1.54) is 0 Å². The molecule has 0 saturated heterocycles. The number of nitrogens with zero attached hydrogens (tertiary/aromatic N) is 4. The van der Waals surface area contributed by atoms with E-state index in [1.807, 2.05) is 42.9 Å². The Kier molecular flexibility index (Phi) is 6.40. The van der Waals surface area contributed by atoms with E-state index in [9.17, 15) is 0 Å². The predicted molar refractivity (Wildman–Crippen MR) is 121 cm³/mol. The van der Waals surface area contributed by atoms with E-state index in [-0.39, 0.29) is 0 Å². The number of halogens is 3. The molecule has 148 valence electrons. The first-order valence-electron chi connectivity index (χ1n) is 9.00. The maximum atomic E-state index is 6.16. The average Bonchev–Trinajstić information content (AvgIpc) is 3.36. The van der Waals surface area contributed by atoms with Crippen molar-refractivity contribution in [3.8, 4) is 11.3 Å². The molecule has 0 unspecified atom stereocenters. The summed E-state index contributed by atoms with van der Waals surface area (Å²) in [5.74, 6) is 0. The third-order valence-corrected chi connectivity index (χ3v) is 6.28. The number of aryl methyl sites for hydroxylation is 1. The highest BCUT2D eigenvalue weighted by Gasteiger charge is 2.09. The molecule has 0 aliphatic rings. The van der Waals surface area contributed by atoms with Crippen molar-refractivity contribution in [2.45, 2.75) is 19.5 Å². The Morgan fingerprint density at radius 3 is 2.52 bits per heavy atom. The van der Waals surface area contributed by atoms with Gasteiger partial charge in [0.25, 0.3) is 0 Å². The van der Waals surface area contributed by atoms with Gasteiger partial charge in [-0.05, 0) is 42.3 Å². The first-order valence-corrected chi connectivity index (χ1v) is 11.0. The van der Waals surface area contributed by atoms with Gasteiger partial charge in [-0.1, -0.05) is 46.9 Å². The smallest absolute Gasteiger partial charge is 0.190 e. The van der Waals surface area contributed by atoms with Crippen LogP contribution in [0.1, 0.15) is 6.42 Å². The molecule has 8 heteroatoms. The number of aromatic nitrogens is 3. The molecule has 0 radical (unpaired) electrons. The minimum absolute atomic E-state index is 0.494. The van der Waals surface area contributed by atoms with Crippen LogP contribution >= 0.6 is 46.1 Å². The van der Waals surface area contributed by atoms with Crippen molar-refractivity contribution in [1.29, 1.82) is 0 Å². The second-order valence-corrected chi connectivity index (χ2v) is 8.51. The lowest BCUT2D eigenvalue weighted by Gasteiger charge is -2.10. The normalized spacial score (nSPS) is 11.9. The number of imidazole rings is 1. The van der Waals surface area contributed by atoms with Crippen molar-refractivity contribution < 1.29 is 0 Å². The fourth-order valence-corrected chi connectivity index (χ4v) is 4.36. The summed E-state index contributed by atoms with van der Waals surface area (Å²) >= 11 is 19.9. The molecule has 0 N–H and O–H groups in total. The van der Waals surface area contributed by atoms with Gasteiger partial charge in [-0.3, -0.25) is 0 Å². The van der Waals surface area contributed by atoms with Crippen LogP contribution in [0, 0.1) is 0 Å². The predicted octanol–water partition coefficient (Wildman–Crippen LogP) is 6.70. The summed E-state index contributed by atoms with van der Waals surface area (Å²) in [4.78, 5) is 9.82. The number of thiazole rings is 1. The van der Waals surface area contributed by atoms with E-state index in [2.05, 4.69) is 19.5 Å². The highest BCUT2D eigenvalue weighted by Crippen LogP contribution is 2.27. The molecule has 29 heavy (non-hydrogen) atoms. The van der Waals surface area contributed by atoms with Crippen molar-refractivity contribution in [3.63, 3.8) is 0 Å². The van der Waals surface area contributed by atoms with Crippen molar-refractivity contribution in [1.82, 2.24) is 14.1 Å². The van der Waals surface area contributed by atoms with Gasteiger partial charge >= 0.3 is 0 Å². The van der Waals surface area contributed by atoms with Crippen LogP contribution in [0.5, 0.6) is 0 Å². The molecular weight excluding hydrogens is 447 g/mol. The van der Waals surface area contributed by atoms with Crippen LogP contribution in [0.25, 0.3) is 11.3 Å². The fourth-order valence-electron chi connectivity index (χ4n) is 2.98. The zero-order chi connectivity index (χ0) is 20.2. The van der Waals surface area contributed by atoms with Crippen LogP contribution in [0.4, 0.5) is 5.69 Å². The van der Waals surface area contributed by atoms with Crippen LogP contribution in [0.3, 0.4) is 0 Å². The van der Waals surface area contributed by atoms with Gasteiger partial charge in [-0.2, -0.15) is 0 Å². The van der Waals surface area contributed by atoms with Gasteiger partial charge < -0.3 is 9.13 Å². The summed E-state index contributed by atoms with van der Waals surface area (Å²) in [6.45, 7) is 1.70. The second kappa shape index (κ2) is 9.18. The highest BCUT2D eigenvalue weighted by molar-refractivity contribution is 7.07. The van der Waals surface area contributed by atoms with E-state index >= 15 is 0 Å². The summed E-state index contributed by atoms with van der Waals surface area (Å²) in [5.41, 5.74) is 2.98. The molecule has 0 spiro atoms. The molecule has 2 aromatic heterocycles. The van der Waals surface area contributed by atoms with Crippen LogP contribution < -0.4 is 4.80 Å². The molecule has 2 aromatic carbocycles. The van der Waals surface area contributed by atoms with Crippen LogP contribution in [0.2, 0.25) is 15.1 Å². The number of hydrogen-bond donors (Lipinski definition) is 0. The third kappa shape index (κ3) is 4.93. The average molecular weight is 464 g/mol. The molecular formula is C21H17Cl3N4S. The van der Waals surface area contributed by atoms with Crippen LogP contribution in [0.15, 0.2) is 71.6 Å². The Morgan fingerprint density at radius 2 is 1.79 bits per heavy atom. The summed E-state index contributed by atoms with van der Waals surface area (Å²) in [7, 11) is 0. The first-order chi connectivity index (χ1) is 14.1. The van der Waals surface area contributed by atoms with Gasteiger partial charge in [0.15, 0.2) is 4.80 Å². The summed E-state index contributed by atoms with van der Waals surface area (Å²) in [6, 6.07) is 13.3. The quantitative estimate of drug-likeness (QED) is 0.313. The van der Waals surface area contributed by atoms with Crippen molar-refractivity contribution in [3.05, 3.63) is 86.4 Å². The van der Waals surface area contributed by atoms with Gasteiger partial charge in [-0.15, -0.1) is 11.3 Å². The van der Waals surface area contributed by atoms with Crippen molar-refractivity contribution >= 4 is 51.8 Å². The van der Waals surface area contributed by atoms with E-state index in [0.717, 1.165) is 46.3 Å². The van der Waals surface area contributed by atoms with Gasteiger partial charge in [0.1, 0.15) is 0 Å². The van der Waals surface area contributed by atoms with Crippen LogP contribution in [-0.4, -0.2) is 14.1 Å². The SMILES string of the molecule is Clc1ccc(-c2csc(=Nc3ccc(Cl)c(Cl)c3)n2CCCn2ccnc2)cc1. The molecule has 0 aliphatic carbocycles. The van der Waals surface area contributed by atoms with E-state index in [4.69, 9.17) is 39.8 Å². The summed E-state index contributed by atoms with van der Waals surface area (Å²) in [6.07, 6.45) is 6.54. The second-order valence-electron chi connectivity index (χ2n) is 6.43. The highest BCUT2D eigenvalue weighted by atomic mass is 35.5. The molecule has 0 atom stereocenters. The van der Waals surface area contributed by atoms with Gasteiger partial charge in [0.05, 0.1) is 27.8 Å². The zero-order valence-corrected chi connectivity index (χ0v) is 18.4. The summed E-state index contributed by atoms with van der Waals surface area (Å²) < 4.78 is 4.30. The van der Waals surface area contributed by atoms with Crippen molar-refractivity contribution in [2.75, 3.05) is 0 Å². The Balaban J connectivity index is 1.70. The maximum Gasteiger partial charge on any atom is 0.190 e. The molecule has 4 nitrogen and oxygen atoms in total. The third-order valence-electron chi connectivity index (χ3n) is 4.42. The standard InChI is InChI=1S/C21H17Cl3N4S/c22-16-4-2-15(3-5-16)20-13-29-21(26-17-6-7-18(23)19(24)12-17)28(20)10-1-9-27-11-8-25-14-27/h2-8,11-14H,1,9-10H2. The fraction of sp³-hybridized carbons (Fsp3) is 0.143. The Hall–Kier alpha value is -2.05. The largest absolute Gasteiger partial charge is 0.337 e. The molecule has 0 aliphatic heterocycles. The molecule has 4 aromatic rings. The van der Waals surface area contributed by atoms with Gasteiger partial charge in [0.2, 0.25) is 0 Å². The molecule has 0 bridgehead atoms. The minimum Gasteiger partial charge on any atom is -0.337 e. The van der Waals surface area contributed by atoms with Gasteiger partial charge in [-0.25, -0.2) is 9.98 Å². The Morgan fingerprint density at radius 1 is 0.966 bits per heavy atom. The number of hydrogen-bond acceptors (Lipinski definition) is 3. The minimum atomic E-state index is 0.494. The lowest BCUT2D eigenvalue weighted by atomic mass is 10.2. The molecule has 0 fully saturated rings. The molecule has 0 saturated carbocycles. The zero-order valence-electron chi connectivity index (χ0n) is 15.3. The van der Waals surface area contributed by atoms with Gasteiger partial charge in [0, 0.05) is 35.9 Å². The van der Waals surface area contributed by atoms with E-state index < -0.39 is 0 Å². The topological polar surface area (TPSA) is 35.1 Å². The monoisotopic (exact) mass is 462 g/mol. The van der Waals surface area contributed by atoms with E-state index in [0.29, 0.717) is 10.0 Å². The Labute approximate surface area is 187 Å². The van der Waals surface area contributed by atoms with Crippen molar-refractivity contribution in [2.24, 2.45) is 4.99 Å². The van der Waals surface area contributed by atoms with E-state index in [1.54, 1.807) is 29.7 Å². The summed E-state index contributed by atoms with van der Waals surface area (Å²) in [5, 5.41) is 3.86. The Bertz CT molecular complexity index is 1160. The molecule has 2 heterocycles. The lowest BCUT2D eigenvalue weighted by Crippen LogP contribution is -2.17. The van der Waals surface area contributed by atoms with Crippen LogP contribution in [-0.2, 0) is 13.1 Å². The molecule has 0 amide bonds. The first kappa shape index (κ1) is 20.2. The lowest BCUT2D eigenvalue weighted by molar-refractivity contribution is 0.559. The number of benzene rings is 2. The number of rotatable bonds is 6. The molecule has 4 rings (SSSR count). The maximum absolute atomic E-state index is 6.16.